The summed E-state index contributed by atoms with van der Waals surface area (Å²) in [7, 11) is -4.16. The number of sulfonamides is 1. The zero-order chi connectivity index (χ0) is 31.9. The van der Waals surface area contributed by atoms with Crippen molar-refractivity contribution < 1.29 is 40.0 Å². The number of nitrogens with one attached hydrogen (secondary N) is 1. The maximum absolute atomic E-state index is 14.4. The van der Waals surface area contributed by atoms with Crippen LogP contribution in [-0.4, -0.2) is 65.7 Å². The zero-order valence-electron chi connectivity index (χ0n) is 24.1. The molecule has 0 radical (unpaired) electrons. The molecule has 1 aromatic heterocycles. The van der Waals surface area contributed by atoms with E-state index in [-0.39, 0.29) is 35.8 Å². The number of rotatable bonds is 10. The molecule has 44 heavy (non-hydrogen) atoms. The molecular weight excluding hydrogens is 609 g/mol. The van der Waals surface area contributed by atoms with Crippen molar-refractivity contribution in [1.82, 2.24) is 19.4 Å². The van der Waals surface area contributed by atoms with Crippen molar-refractivity contribution in [2.75, 3.05) is 18.8 Å². The summed E-state index contributed by atoms with van der Waals surface area (Å²) in [5.74, 6) is -7.23. The number of primary amides is 1. The fraction of sp³-hybridized carbons (Fsp3) is 0.621. The van der Waals surface area contributed by atoms with Crippen molar-refractivity contribution in [3.63, 3.8) is 0 Å². The van der Waals surface area contributed by atoms with Gasteiger partial charge < -0.3 is 10.6 Å². The average Bonchev–Trinajstić information content (AvgIpc) is 3.58. The topological polar surface area (TPSA) is 127 Å². The molecule has 1 aromatic carbocycles. The number of carbonyl (C=O) groups excluding carboxylic acids is 2. The number of carbonyl (C=O) groups is 2. The van der Waals surface area contributed by atoms with Gasteiger partial charge in [-0.2, -0.15) is 18.3 Å². The summed E-state index contributed by atoms with van der Waals surface area (Å²) in [6.07, 6.45) is -1.22. The lowest BCUT2D eigenvalue weighted by molar-refractivity contribution is -0.142. The monoisotopic (exact) mass is 645 g/mol. The number of aromatic nitrogens is 2. The van der Waals surface area contributed by atoms with Crippen LogP contribution in [0.2, 0.25) is 0 Å². The Morgan fingerprint density at radius 2 is 1.75 bits per heavy atom. The first kappa shape index (κ1) is 32.3. The highest BCUT2D eigenvalue weighted by Crippen LogP contribution is 2.45. The van der Waals surface area contributed by atoms with Crippen LogP contribution in [-0.2, 0) is 21.0 Å². The fourth-order valence-electron chi connectivity index (χ4n) is 6.49. The van der Waals surface area contributed by atoms with Gasteiger partial charge in [0.05, 0.1) is 29.6 Å². The Morgan fingerprint density at radius 1 is 1.07 bits per heavy atom. The molecule has 9 nitrogen and oxygen atoms in total. The van der Waals surface area contributed by atoms with Gasteiger partial charge in [0, 0.05) is 42.5 Å². The Hall–Kier alpha value is -3.07. The van der Waals surface area contributed by atoms with Gasteiger partial charge in [0.15, 0.2) is 5.69 Å². The van der Waals surface area contributed by atoms with Crippen LogP contribution in [0.4, 0.5) is 22.0 Å². The lowest BCUT2D eigenvalue weighted by Crippen LogP contribution is -2.46. The number of halogens is 5. The SMILES string of the molecule is NC(=O)c1nn(C2CCCC2)c(-c2ccccc2C(F)(F)F)c1C(CC(=O)N1CCCC(F)(F)C1)CS(=O)(=O)NC1CCC1. The molecule has 2 amide bonds. The highest BCUT2D eigenvalue weighted by atomic mass is 32.2. The molecule has 3 N–H and O–H groups in total. The summed E-state index contributed by atoms with van der Waals surface area (Å²) < 4.78 is 102. The second-order valence-electron chi connectivity index (χ2n) is 12.1. The van der Waals surface area contributed by atoms with Gasteiger partial charge in [-0.05, 0) is 38.2 Å². The van der Waals surface area contributed by atoms with Crippen molar-refractivity contribution in [3.05, 3.63) is 41.1 Å². The number of nitrogens with zero attached hydrogens (tertiary/aromatic N) is 3. The van der Waals surface area contributed by atoms with Crippen LogP contribution in [0, 0.1) is 0 Å². The highest BCUT2D eigenvalue weighted by Gasteiger charge is 2.42. The number of nitrogens with two attached hydrogens (primary N) is 1. The van der Waals surface area contributed by atoms with Gasteiger partial charge in [-0.25, -0.2) is 21.9 Å². The van der Waals surface area contributed by atoms with Crippen LogP contribution >= 0.6 is 0 Å². The van der Waals surface area contributed by atoms with Crippen molar-refractivity contribution in [1.29, 1.82) is 0 Å². The normalized spacial score (nSPS) is 20.4. The van der Waals surface area contributed by atoms with Gasteiger partial charge in [0.1, 0.15) is 0 Å². The van der Waals surface area contributed by atoms with E-state index in [1.54, 1.807) is 0 Å². The molecule has 0 spiro atoms. The van der Waals surface area contributed by atoms with Crippen molar-refractivity contribution in [2.24, 2.45) is 5.73 Å². The van der Waals surface area contributed by atoms with Crippen molar-refractivity contribution in [2.45, 2.75) is 94.3 Å². The molecule has 15 heteroatoms. The summed E-state index contributed by atoms with van der Waals surface area (Å²) >= 11 is 0. The Kier molecular flexibility index (Phi) is 9.09. The molecule has 2 aliphatic carbocycles. The Labute approximate surface area is 252 Å². The molecule has 1 saturated heterocycles. The van der Waals surface area contributed by atoms with Gasteiger partial charge in [-0.1, -0.05) is 37.5 Å². The van der Waals surface area contributed by atoms with Crippen LogP contribution < -0.4 is 10.5 Å². The third-order valence-electron chi connectivity index (χ3n) is 8.79. The number of likely N-dealkylation sites (tertiary alicyclic amines) is 1. The minimum absolute atomic E-state index is 0.0159. The first-order chi connectivity index (χ1) is 20.7. The van der Waals surface area contributed by atoms with Crippen LogP contribution in [0.3, 0.4) is 0 Å². The number of piperidine rings is 1. The molecule has 1 atom stereocenters. The summed E-state index contributed by atoms with van der Waals surface area (Å²) in [4.78, 5) is 27.3. The number of benzene rings is 1. The second-order valence-corrected chi connectivity index (χ2v) is 13.9. The predicted molar refractivity (Wildman–Crippen MR) is 151 cm³/mol. The third-order valence-corrected chi connectivity index (χ3v) is 10.3. The van der Waals surface area contributed by atoms with E-state index in [1.807, 2.05) is 0 Å². The molecule has 1 unspecified atom stereocenters. The fourth-order valence-corrected chi connectivity index (χ4v) is 8.14. The van der Waals surface area contributed by atoms with E-state index >= 15 is 0 Å². The largest absolute Gasteiger partial charge is 0.417 e. The van der Waals surface area contributed by atoms with E-state index in [0.29, 0.717) is 25.7 Å². The zero-order valence-corrected chi connectivity index (χ0v) is 24.9. The maximum atomic E-state index is 14.4. The first-order valence-electron chi connectivity index (χ1n) is 14.9. The van der Waals surface area contributed by atoms with E-state index in [0.717, 1.165) is 30.2 Å². The minimum Gasteiger partial charge on any atom is -0.364 e. The lowest BCUT2D eigenvalue weighted by atomic mass is 9.89. The Balaban J connectivity index is 1.69. The van der Waals surface area contributed by atoms with Gasteiger partial charge >= 0.3 is 6.18 Å². The average molecular weight is 646 g/mol. The summed E-state index contributed by atoms with van der Waals surface area (Å²) in [6, 6.07) is 3.95. The number of alkyl halides is 5. The van der Waals surface area contributed by atoms with Gasteiger partial charge in [0.2, 0.25) is 15.9 Å². The van der Waals surface area contributed by atoms with Crippen LogP contribution in [0.15, 0.2) is 24.3 Å². The maximum Gasteiger partial charge on any atom is 0.417 e. The lowest BCUT2D eigenvalue weighted by Gasteiger charge is -2.33. The molecule has 3 fully saturated rings. The van der Waals surface area contributed by atoms with E-state index in [9.17, 15) is 40.0 Å². The van der Waals surface area contributed by atoms with Gasteiger partial charge in [0.25, 0.3) is 11.8 Å². The minimum atomic E-state index is -4.83. The highest BCUT2D eigenvalue weighted by molar-refractivity contribution is 7.89. The number of amides is 2. The molecule has 242 valence electrons. The molecule has 3 aliphatic rings. The second kappa shape index (κ2) is 12.4. The molecule has 2 saturated carbocycles. The standard InChI is InChI=1S/C29H36F5N5O4S/c30-28(31)13-6-14-38(17-28)23(40)15-18(16-44(42,43)37-19-7-5-8-19)24-25(27(35)41)36-39(20-9-1-2-10-20)26(24)21-11-3-4-12-22(21)29(32,33)34/h3-4,11-12,18-20,37H,1-2,5-10,13-17H2,(H2,35,41). The summed E-state index contributed by atoms with van der Waals surface area (Å²) in [5.41, 5.74) is 3.57. The summed E-state index contributed by atoms with van der Waals surface area (Å²) in [5, 5.41) is 4.39. The van der Waals surface area contributed by atoms with Gasteiger partial charge in [-0.3, -0.25) is 14.3 Å². The first-order valence-corrected chi connectivity index (χ1v) is 16.5. The third kappa shape index (κ3) is 7.08. The Bertz CT molecular complexity index is 1500. The van der Waals surface area contributed by atoms with Crippen LogP contribution in [0.1, 0.15) is 97.8 Å². The quantitative estimate of drug-likeness (QED) is 0.352. The molecule has 2 heterocycles. The van der Waals surface area contributed by atoms with Crippen LogP contribution in [0.25, 0.3) is 11.3 Å². The van der Waals surface area contributed by atoms with Crippen molar-refractivity contribution >= 4 is 21.8 Å². The van der Waals surface area contributed by atoms with E-state index in [2.05, 4.69) is 9.82 Å². The smallest absolute Gasteiger partial charge is 0.364 e. The number of hydrogen-bond donors (Lipinski definition) is 2. The Morgan fingerprint density at radius 3 is 2.34 bits per heavy atom. The number of hydrogen-bond acceptors (Lipinski definition) is 5. The van der Waals surface area contributed by atoms with E-state index < -0.39 is 82.3 Å². The van der Waals surface area contributed by atoms with Crippen LogP contribution in [0.5, 0.6) is 0 Å². The van der Waals surface area contributed by atoms with Crippen molar-refractivity contribution in [3.8, 4) is 11.3 Å². The molecule has 2 aromatic rings. The van der Waals surface area contributed by atoms with Gasteiger partial charge in [-0.15, -0.1) is 0 Å². The summed E-state index contributed by atoms with van der Waals surface area (Å²) in [6.45, 7) is -0.846. The predicted octanol–water partition coefficient (Wildman–Crippen LogP) is 4.99. The molecule has 0 bridgehead atoms. The van der Waals surface area contributed by atoms with E-state index in [1.165, 1.54) is 22.9 Å². The van der Waals surface area contributed by atoms with E-state index in [4.69, 9.17) is 5.73 Å². The molecule has 1 aliphatic heterocycles. The molecular formula is C29H36F5N5O4S. The molecule has 5 rings (SSSR count).